The molecule has 2 heterocycles. The monoisotopic (exact) mass is 319 g/mol. The Bertz CT molecular complexity index is 718. The van der Waals surface area contributed by atoms with E-state index in [4.69, 9.17) is 0 Å². The summed E-state index contributed by atoms with van der Waals surface area (Å²) in [4.78, 5) is 12.6. The zero-order valence-electron chi connectivity index (χ0n) is 12.9. The molecule has 122 valence electrons. The Balaban J connectivity index is 1.88. The van der Waals surface area contributed by atoms with E-state index in [9.17, 15) is 14.5 Å². The molecule has 0 amide bonds. The lowest BCUT2D eigenvalue weighted by Crippen LogP contribution is -2.35. The first-order chi connectivity index (χ1) is 11.1. The van der Waals surface area contributed by atoms with Crippen molar-refractivity contribution in [2.24, 2.45) is 0 Å². The average molecular weight is 319 g/mol. The van der Waals surface area contributed by atoms with Gasteiger partial charge in [-0.1, -0.05) is 0 Å². The van der Waals surface area contributed by atoms with Crippen LogP contribution in [0.1, 0.15) is 31.5 Å². The van der Waals surface area contributed by atoms with Gasteiger partial charge in [0, 0.05) is 25.6 Å². The Morgan fingerprint density at radius 1 is 1.48 bits per heavy atom. The fourth-order valence-electron chi connectivity index (χ4n) is 3.14. The van der Waals surface area contributed by atoms with E-state index in [0.29, 0.717) is 18.8 Å². The predicted octanol–water partition coefficient (Wildman–Crippen LogP) is 2.73. The smallest absolute Gasteiger partial charge is 0.295 e. The van der Waals surface area contributed by atoms with Crippen molar-refractivity contribution in [3.05, 3.63) is 46.3 Å². The molecule has 3 rings (SSSR count). The summed E-state index contributed by atoms with van der Waals surface area (Å²) in [5.41, 5.74) is 0.270. The maximum Gasteiger partial charge on any atom is 0.295 e. The van der Waals surface area contributed by atoms with Crippen molar-refractivity contribution in [3.8, 4) is 0 Å². The average Bonchev–Trinajstić information content (AvgIpc) is 3.03. The van der Waals surface area contributed by atoms with Crippen LogP contribution in [0.3, 0.4) is 0 Å². The Labute approximate surface area is 132 Å². The summed E-state index contributed by atoms with van der Waals surface area (Å²) in [5.74, 6) is 0.470. The lowest BCUT2D eigenvalue weighted by Gasteiger charge is -2.33. The van der Waals surface area contributed by atoms with E-state index in [1.165, 1.54) is 12.1 Å². The number of nitro benzene ring substituents is 1. The molecule has 0 radical (unpaired) electrons. The third-order valence-electron chi connectivity index (χ3n) is 4.25. The number of aromatic nitrogens is 3. The van der Waals surface area contributed by atoms with Gasteiger partial charge >= 0.3 is 0 Å². The number of hydrogen-bond donors (Lipinski definition) is 0. The highest BCUT2D eigenvalue weighted by Crippen LogP contribution is 2.34. The van der Waals surface area contributed by atoms with E-state index >= 15 is 0 Å². The van der Waals surface area contributed by atoms with Crippen molar-refractivity contribution in [1.29, 1.82) is 0 Å². The molecule has 1 saturated heterocycles. The standard InChI is InChI=1S/C15H18FN5O2/c1-2-19-10-17-18-15(19)11-4-3-7-20(9-11)13-6-5-12(16)8-14(13)21(22)23/h5-6,8,10-11H,2-4,7,9H2,1H3. The van der Waals surface area contributed by atoms with E-state index in [2.05, 4.69) is 10.2 Å². The molecule has 8 heteroatoms. The molecular formula is C15H18FN5O2. The number of aryl methyl sites for hydroxylation is 1. The van der Waals surface area contributed by atoms with Crippen LogP contribution >= 0.6 is 0 Å². The fraction of sp³-hybridized carbons (Fsp3) is 0.467. The molecule has 2 aromatic rings. The second-order valence-corrected chi connectivity index (χ2v) is 5.65. The largest absolute Gasteiger partial charge is 0.365 e. The van der Waals surface area contributed by atoms with Crippen LogP contribution in [0.5, 0.6) is 0 Å². The van der Waals surface area contributed by atoms with E-state index in [-0.39, 0.29) is 11.6 Å². The van der Waals surface area contributed by atoms with Gasteiger partial charge in [0.2, 0.25) is 0 Å². The molecule has 0 N–H and O–H groups in total. The number of hydrogen-bond acceptors (Lipinski definition) is 5. The highest BCUT2D eigenvalue weighted by atomic mass is 19.1. The molecule has 0 saturated carbocycles. The third kappa shape index (κ3) is 3.01. The summed E-state index contributed by atoms with van der Waals surface area (Å²) < 4.78 is 15.3. The molecule has 1 aromatic carbocycles. The summed E-state index contributed by atoms with van der Waals surface area (Å²) in [6.07, 6.45) is 3.56. The van der Waals surface area contributed by atoms with Crippen LogP contribution in [0.25, 0.3) is 0 Å². The molecule has 1 aliphatic rings. The molecular weight excluding hydrogens is 301 g/mol. The van der Waals surface area contributed by atoms with Crippen molar-refractivity contribution < 1.29 is 9.31 Å². The molecule has 1 aromatic heterocycles. The normalized spacial score (nSPS) is 18.2. The third-order valence-corrected chi connectivity index (χ3v) is 4.25. The van der Waals surface area contributed by atoms with E-state index in [0.717, 1.165) is 31.3 Å². The first-order valence-electron chi connectivity index (χ1n) is 7.66. The zero-order valence-corrected chi connectivity index (χ0v) is 12.9. The second-order valence-electron chi connectivity index (χ2n) is 5.65. The van der Waals surface area contributed by atoms with Crippen LogP contribution < -0.4 is 4.90 Å². The molecule has 1 atom stereocenters. The Morgan fingerprint density at radius 2 is 2.30 bits per heavy atom. The molecule has 0 bridgehead atoms. The Morgan fingerprint density at radius 3 is 3.04 bits per heavy atom. The van der Waals surface area contributed by atoms with Crippen molar-refractivity contribution in [1.82, 2.24) is 14.8 Å². The van der Waals surface area contributed by atoms with Crippen LogP contribution in [-0.2, 0) is 6.54 Å². The van der Waals surface area contributed by atoms with Gasteiger partial charge in [-0.3, -0.25) is 10.1 Å². The number of halogens is 1. The van der Waals surface area contributed by atoms with Crippen LogP contribution in [0, 0.1) is 15.9 Å². The quantitative estimate of drug-likeness (QED) is 0.639. The maximum absolute atomic E-state index is 13.3. The van der Waals surface area contributed by atoms with Gasteiger partial charge in [-0.2, -0.15) is 0 Å². The lowest BCUT2D eigenvalue weighted by molar-refractivity contribution is -0.384. The minimum atomic E-state index is -0.597. The minimum Gasteiger partial charge on any atom is -0.365 e. The van der Waals surface area contributed by atoms with Crippen LogP contribution in [0.15, 0.2) is 24.5 Å². The summed E-state index contributed by atoms with van der Waals surface area (Å²) in [6.45, 7) is 4.14. The van der Waals surface area contributed by atoms with Gasteiger partial charge in [0.1, 0.15) is 23.7 Å². The van der Waals surface area contributed by atoms with Gasteiger partial charge in [-0.15, -0.1) is 10.2 Å². The van der Waals surface area contributed by atoms with Gasteiger partial charge in [0.05, 0.1) is 11.0 Å². The molecule has 1 aliphatic heterocycles. The van der Waals surface area contributed by atoms with Crippen molar-refractivity contribution >= 4 is 11.4 Å². The van der Waals surface area contributed by atoms with Crippen molar-refractivity contribution in [2.75, 3.05) is 18.0 Å². The van der Waals surface area contributed by atoms with Gasteiger partial charge < -0.3 is 9.47 Å². The van der Waals surface area contributed by atoms with Gasteiger partial charge in [0.15, 0.2) is 0 Å². The zero-order chi connectivity index (χ0) is 16.4. The first-order valence-corrected chi connectivity index (χ1v) is 7.66. The molecule has 0 spiro atoms. The van der Waals surface area contributed by atoms with Gasteiger partial charge in [-0.05, 0) is 31.9 Å². The lowest BCUT2D eigenvalue weighted by atomic mass is 9.96. The van der Waals surface area contributed by atoms with Crippen molar-refractivity contribution in [2.45, 2.75) is 32.2 Å². The summed E-state index contributed by atoms with van der Waals surface area (Å²) in [5, 5.41) is 19.4. The number of anilines is 1. The molecule has 23 heavy (non-hydrogen) atoms. The van der Waals surface area contributed by atoms with Gasteiger partial charge in [-0.25, -0.2) is 4.39 Å². The highest BCUT2D eigenvalue weighted by Gasteiger charge is 2.29. The Hall–Kier alpha value is -2.51. The number of nitro groups is 1. The van der Waals surface area contributed by atoms with Crippen LogP contribution in [0.2, 0.25) is 0 Å². The van der Waals surface area contributed by atoms with Crippen LogP contribution in [-0.4, -0.2) is 32.8 Å². The topological polar surface area (TPSA) is 77.1 Å². The SMILES string of the molecule is CCn1cnnc1C1CCCN(c2ccc(F)cc2[N+](=O)[O-])C1. The number of nitrogens with zero attached hydrogens (tertiary/aromatic N) is 5. The number of benzene rings is 1. The Kier molecular flexibility index (Phi) is 4.22. The fourth-order valence-corrected chi connectivity index (χ4v) is 3.14. The molecule has 0 aliphatic carbocycles. The summed E-state index contributed by atoms with van der Waals surface area (Å²) >= 11 is 0. The summed E-state index contributed by atoms with van der Waals surface area (Å²) in [7, 11) is 0. The maximum atomic E-state index is 13.3. The number of piperidine rings is 1. The minimum absolute atomic E-state index is 0.163. The second kappa shape index (κ2) is 6.31. The predicted molar refractivity (Wildman–Crippen MR) is 82.9 cm³/mol. The van der Waals surface area contributed by atoms with Gasteiger partial charge in [0.25, 0.3) is 5.69 Å². The van der Waals surface area contributed by atoms with E-state index in [1.54, 1.807) is 6.33 Å². The van der Waals surface area contributed by atoms with Crippen molar-refractivity contribution in [3.63, 3.8) is 0 Å². The van der Waals surface area contributed by atoms with E-state index < -0.39 is 10.7 Å². The number of rotatable bonds is 4. The highest BCUT2D eigenvalue weighted by molar-refractivity contribution is 5.63. The first kappa shape index (κ1) is 15.4. The molecule has 1 fully saturated rings. The van der Waals surface area contributed by atoms with Crippen LogP contribution in [0.4, 0.5) is 15.8 Å². The molecule has 1 unspecified atom stereocenters. The van der Waals surface area contributed by atoms with E-state index in [1.807, 2.05) is 16.4 Å². The summed E-state index contributed by atoms with van der Waals surface area (Å²) in [6, 6.07) is 3.73. The molecule has 7 nitrogen and oxygen atoms in total.